The largest absolute Gasteiger partial charge is 0.309 e. The molecule has 4 nitrogen and oxygen atoms in total. The molecule has 0 aliphatic carbocycles. The van der Waals surface area contributed by atoms with E-state index in [1.165, 1.54) is 4.31 Å². The molecule has 15 heavy (non-hydrogen) atoms. The van der Waals surface area contributed by atoms with Gasteiger partial charge in [0.2, 0.25) is 10.0 Å². The summed E-state index contributed by atoms with van der Waals surface area (Å²) in [5.41, 5.74) is 0. The van der Waals surface area contributed by atoms with Gasteiger partial charge in [-0.3, -0.25) is 0 Å². The summed E-state index contributed by atoms with van der Waals surface area (Å²) < 4.78 is 24.5. The van der Waals surface area contributed by atoms with Gasteiger partial charge in [0, 0.05) is 13.1 Å². The average Bonchev–Trinajstić information content (AvgIpc) is 2.63. The second kappa shape index (κ2) is 5.48. The first-order valence-corrected chi connectivity index (χ1v) is 7.28. The molecule has 90 valence electrons. The smallest absolute Gasteiger partial charge is 0.228 e. The van der Waals surface area contributed by atoms with Crippen LogP contribution in [0.5, 0.6) is 0 Å². The second-order valence-corrected chi connectivity index (χ2v) is 6.88. The summed E-state index contributed by atoms with van der Waals surface area (Å²) in [6, 6.07) is 0. The summed E-state index contributed by atoms with van der Waals surface area (Å²) in [5, 5.41) is -0.298. The molecule has 0 radical (unpaired) electrons. The highest BCUT2D eigenvalue weighted by Crippen LogP contribution is 2.22. The Morgan fingerprint density at radius 3 is 2.67 bits per heavy atom. The Balaban J connectivity index is 2.39. The van der Waals surface area contributed by atoms with Crippen LogP contribution in [0.15, 0.2) is 0 Å². The third kappa shape index (κ3) is 3.90. The summed E-state index contributed by atoms with van der Waals surface area (Å²) in [6.45, 7) is 2.29. The standard InChI is InChI=1S/C9H19ClN2O2S/c1-11(2)5-3-9-4-6-12(7-9)15(13,14)8-10/h9H,3-8H2,1-2H3. The van der Waals surface area contributed by atoms with Crippen molar-refractivity contribution in [3.8, 4) is 0 Å². The van der Waals surface area contributed by atoms with Gasteiger partial charge in [0.1, 0.15) is 5.21 Å². The minimum atomic E-state index is -3.18. The molecule has 1 atom stereocenters. The highest BCUT2D eigenvalue weighted by atomic mass is 35.5. The molecule has 1 heterocycles. The first kappa shape index (κ1) is 13.2. The van der Waals surface area contributed by atoms with Crippen molar-refractivity contribution >= 4 is 21.6 Å². The van der Waals surface area contributed by atoms with Crippen LogP contribution in [0.3, 0.4) is 0 Å². The van der Waals surface area contributed by atoms with Crippen molar-refractivity contribution < 1.29 is 8.42 Å². The number of halogens is 1. The number of nitrogens with zero attached hydrogens (tertiary/aromatic N) is 2. The molecule has 0 spiro atoms. The van der Waals surface area contributed by atoms with Crippen LogP contribution in [0, 0.1) is 5.92 Å². The van der Waals surface area contributed by atoms with E-state index in [0.717, 1.165) is 19.4 Å². The fourth-order valence-electron chi connectivity index (χ4n) is 1.80. The van der Waals surface area contributed by atoms with Gasteiger partial charge in [-0.25, -0.2) is 12.7 Å². The summed E-state index contributed by atoms with van der Waals surface area (Å²) >= 11 is 5.41. The maximum absolute atomic E-state index is 11.5. The Morgan fingerprint density at radius 2 is 2.13 bits per heavy atom. The fraction of sp³-hybridized carbons (Fsp3) is 1.00. The second-order valence-electron chi connectivity index (χ2n) is 4.33. The van der Waals surface area contributed by atoms with Crippen LogP contribution >= 0.6 is 11.6 Å². The van der Waals surface area contributed by atoms with Crippen LogP contribution in [-0.2, 0) is 10.0 Å². The number of rotatable bonds is 5. The van der Waals surface area contributed by atoms with Crippen LogP contribution in [0.25, 0.3) is 0 Å². The van der Waals surface area contributed by atoms with Crippen LogP contribution in [0.2, 0.25) is 0 Å². The maximum atomic E-state index is 11.5. The molecular weight excluding hydrogens is 236 g/mol. The van der Waals surface area contributed by atoms with Gasteiger partial charge < -0.3 is 4.90 Å². The van der Waals surface area contributed by atoms with E-state index in [0.29, 0.717) is 19.0 Å². The molecule has 1 aliphatic heterocycles. The molecule has 1 unspecified atom stereocenters. The molecule has 0 aromatic carbocycles. The topological polar surface area (TPSA) is 40.6 Å². The van der Waals surface area contributed by atoms with Crippen LogP contribution in [-0.4, -0.2) is 56.6 Å². The van der Waals surface area contributed by atoms with Gasteiger partial charge in [0.05, 0.1) is 0 Å². The van der Waals surface area contributed by atoms with Crippen LogP contribution in [0.4, 0.5) is 0 Å². The lowest BCUT2D eigenvalue weighted by Gasteiger charge is -2.16. The molecule has 1 rings (SSSR count). The molecule has 0 N–H and O–H groups in total. The Morgan fingerprint density at radius 1 is 1.47 bits per heavy atom. The van der Waals surface area contributed by atoms with Crippen molar-refractivity contribution in [3.63, 3.8) is 0 Å². The minimum Gasteiger partial charge on any atom is -0.309 e. The molecule has 0 aromatic heterocycles. The van der Waals surface area contributed by atoms with Crippen molar-refractivity contribution in [2.24, 2.45) is 5.92 Å². The van der Waals surface area contributed by atoms with E-state index in [2.05, 4.69) is 4.90 Å². The zero-order valence-electron chi connectivity index (χ0n) is 9.32. The molecule has 0 bridgehead atoms. The number of hydrogen-bond acceptors (Lipinski definition) is 3. The molecule has 0 saturated carbocycles. The van der Waals surface area contributed by atoms with Crippen LogP contribution < -0.4 is 0 Å². The number of alkyl halides is 1. The van der Waals surface area contributed by atoms with Crippen molar-refractivity contribution in [2.45, 2.75) is 12.8 Å². The van der Waals surface area contributed by atoms with Crippen molar-refractivity contribution in [1.82, 2.24) is 9.21 Å². The lowest BCUT2D eigenvalue weighted by Crippen LogP contribution is -2.30. The Labute approximate surface area is 97.2 Å². The fourth-order valence-corrected chi connectivity index (χ4v) is 3.17. The first-order valence-electron chi connectivity index (χ1n) is 5.14. The quantitative estimate of drug-likeness (QED) is 0.681. The summed E-state index contributed by atoms with van der Waals surface area (Å²) in [6.07, 6.45) is 2.02. The molecule has 1 aliphatic rings. The van der Waals surface area contributed by atoms with Crippen LogP contribution in [0.1, 0.15) is 12.8 Å². The maximum Gasteiger partial charge on any atom is 0.228 e. The minimum absolute atomic E-state index is 0.298. The van der Waals surface area contributed by atoms with Gasteiger partial charge in [-0.05, 0) is 39.4 Å². The monoisotopic (exact) mass is 254 g/mol. The van der Waals surface area contributed by atoms with Gasteiger partial charge in [-0.2, -0.15) is 0 Å². The van der Waals surface area contributed by atoms with Gasteiger partial charge in [-0.1, -0.05) is 0 Å². The van der Waals surface area contributed by atoms with Gasteiger partial charge >= 0.3 is 0 Å². The van der Waals surface area contributed by atoms with E-state index in [-0.39, 0.29) is 5.21 Å². The lowest BCUT2D eigenvalue weighted by molar-refractivity contribution is 0.352. The molecular formula is C9H19ClN2O2S. The molecule has 1 fully saturated rings. The van der Waals surface area contributed by atoms with Crippen molar-refractivity contribution in [1.29, 1.82) is 0 Å². The SMILES string of the molecule is CN(C)CCC1CCN(S(=O)(=O)CCl)C1. The predicted molar refractivity (Wildman–Crippen MR) is 62.5 cm³/mol. The number of sulfonamides is 1. The van der Waals surface area contributed by atoms with E-state index in [1.54, 1.807) is 0 Å². The zero-order valence-corrected chi connectivity index (χ0v) is 10.9. The summed E-state index contributed by atoms with van der Waals surface area (Å²) in [4.78, 5) is 2.12. The van der Waals surface area contributed by atoms with E-state index >= 15 is 0 Å². The Kier molecular flexibility index (Phi) is 4.83. The zero-order chi connectivity index (χ0) is 11.5. The summed E-state index contributed by atoms with van der Waals surface area (Å²) in [7, 11) is 0.876. The van der Waals surface area contributed by atoms with E-state index < -0.39 is 10.0 Å². The van der Waals surface area contributed by atoms with E-state index in [4.69, 9.17) is 11.6 Å². The highest BCUT2D eigenvalue weighted by Gasteiger charge is 2.30. The lowest BCUT2D eigenvalue weighted by atomic mass is 10.1. The molecule has 0 amide bonds. The molecule has 6 heteroatoms. The first-order chi connectivity index (χ1) is 6.95. The average molecular weight is 255 g/mol. The highest BCUT2D eigenvalue weighted by molar-refractivity contribution is 7.90. The third-order valence-electron chi connectivity index (χ3n) is 2.76. The van der Waals surface area contributed by atoms with Gasteiger partial charge in [-0.15, -0.1) is 11.6 Å². The molecule has 0 aromatic rings. The third-order valence-corrected chi connectivity index (χ3v) is 4.99. The predicted octanol–water partition coefficient (Wildman–Crippen LogP) is 0.786. The van der Waals surface area contributed by atoms with E-state index in [1.807, 2.05) is 14.1 Å². The normalized spacial score (nSPS) is 23.9. The summed E-state index contributed by atoms with van der Waals surface area (Å²) in [5.74, 6) is 0.491. The van der Waals surface area contributed by atoms with Crippen molar-refractivity contribution in [3.05, 3.63) is 0 Å². The molecule has 1 saturated heterocycles. The Bertz CT molecular complexity index is 292. The van der Waals surface area contributed by atoms with Gasteiger partial charge in [0.25, 0.3) is 0 Å². The van der Waals surface area contributed by atoms with Gasteiger partial charge in [0.15, 0.2) is 0 Å². The van der Waals surface area contributed by atoms with E-state index in [9.17, 15) is 8.42 Å². The Hall–Kier alpha value is 0.160. The van der Waals surface area contributed by atoms with Crippen molar-refractivity contribution in [2.75, 3.05) is 38.9 Å². The number of hydrogen-bond donors (Lipinski definition) is 0.